The van der Waals surface area contributed by atoms with Crippen LogP contribution in [0.25, 0.3) is 0 Å². The van der Waals surface area contributed by atoms with E-state index in [-0.39, 0.29) is 6.04 Å². The maximum absolute atomic E-state index is 6.03. The summed E-state index contributed by atoms with van der Waals surface area (Å²) in [5, 5.41) is 4.02. The molecule has 0 saturated heterocycles. The number of ether oxygens (including phenoxy) is 1. The Bertz CT molecular complexity index is 625. The largest absolute Gasteiger partial charge is 0.491 e. The van der Waals surface area contributed by atoms with Crippen LogP contribution in [0.5, 0.6) is 5.75 Å². The topological polar surface area (TPSA) is 21.3 Å². The molecule has 1 atom stereocenters. The van der Waals surface area contributed by atoms with Gasteiger partial charge in [-0.3, -0.25) is 0 Å². The van der Waals surface area contributed by atoms with Gasteiger partial charge in [-0.2, -0.15) is 0 Å². The SMILES string of the molecule is CNC(COc1cc(Cl)ccc1C)c1ccc(C)cc1C. The maximum Gasteiger partial charge on any atom is 0.123 e. The first kappa shape index (κ1) is 15.9. The van der Waals surface area contributed by atoms with Gasteiger partial charge in [0.2, 0.25) is 0 Å². The van der Waals surface area contributed by atoms with E-state index in [1.54, 1.807) is 0 Å². The molecule has 0 fully saturated rings. The third kappa shape index (κ3) is 3.99. The molecule has 0 aliphatic rings. The van der Waals surface area contributed by atoms with Crippen LogP contribution in [-0.2, 0) is 0 Å². The van der Waals surface area contributed by atoms with Gasteiger partial charge in [0.25, 0.3) is 0 Å². The number of aryl methyl sites for hydroxylation is 3. The summed E-state index contributed by atoms with van der Waals surface area (Å²) in [4.78, 5) is 0. The lowest BCUT2D eigenvalue weighted by atomic mass is 10.00. The first-order valence-corrected chi connectivity index (χ1v) is 7.52. The third-order valence-corrected chi connectivity index (χ3v) is 3.94. The predicted octanol–water partition coefficient (Wildman–Crippen LogP) is 4.60. The first-order chi connectivity index (χ1) is 10.0. The number of hydrogen-bond acceptors (Lipinski definition) is 2. The molecule has 2 nitrogen and oxygen atoms in total. The van der Waals surface area contributed by atoms with Crippen molar-refractivity contribution in [1.29, 1.82) is 0 Å². The van der Waals surface area contributed by atoms with Crippen molar-refractivity contribution >= 4 is 11.6 Å². The van der Waals surface area contributed by atoms with Gasteiger partial charge in [-0.15, -0.1) is 0 Å². The maximum atomic E-state index is 6.03. The Balaban J connectivity index is 2.14. The van der Waals surface area contributed by atoms with Crippen LogP contribution in [0.2, 0.25) is 5.02 Å². The van der Waals surface area contributed by atoms with Crippen molar-refractivity contribution in [1.82, 2.24) is 5.32 Å². The van der Waals surface area contributed by atoms with Gasteiger partial charge >= 0.3 is 0 Å². The van der Waals surface area contributed by atoms with Crippen molar-refractivity contribution in [3.63, 3.8) is 0 Å². The molecular formula is C18H22ClNO. The fourth-order valence-electron chi connectivity index (χ4n) is 2.45. The van der Waals surface area contributed by atoms with Gasteiger partial charge in [0.15, 0.2) is 0 Å². The van der Waals surface area contributed by atoms with Crippen molar-refractivity contribution in [3.8, 4) is 5.75 Å². The molecule has 0 aliphatic carbocycles. The standard InChI is InChI=1S/C18H22ClNO/c1-12-5-8-16(14(3)9-12)17(20-4)11-21-18-10-15(19)7-6-13(18)2/h5-10,17,20H,11H2,1-4H3. The third-order valence-electron chi connectivity index (χ3n) is 3.70. The van der Waals surface area contributed by atoms with Gasteiger partial charge in [-0.1, -0.05) is 41.4 Å². The van der Waals surface area contributed by atoms with E-state index in [1.165, 1.54) is 16.7 Å². The van der Waals surface area contributed by atoms with Gasteiger partial charge in [0.05, 0.1) is 6.04 Å². The normalized spacial score (nSPS) is 12.2. The van der Waals surface area contributed by atoms with E-state index in [0.29, 0.717) is 11.6 Å². The summed E-state index contributed by atoms with van der Waals surface area (Å²) in [5.41, 5.74) is 4.91. The summed E-state index contributed by atoms with van der Waals surface area (Å²) < 4.78 is 5.96. The second-order valence-electron chi connectivity index (χ2n) is 5.42. The highest BCUT2D eigenvalue weighted by molar-refractivity contribution is 6.30. The van der Waals surface area contributed by atoms with Crippen LogP contribution in [-0.4, -0.2) is 13.7 Å². The molecule has 0 saturated carbocycles. The smallest absolute Gasteiger partial charge is 0.123 e. The molecule has 0 aromatic heterocycles. The van der Waals surface area contributed by atoms with Crippen molar-refractivity contribution < 1.29 is 4.74 Å². The van der Waals surface area contributed by atoms with Crippen molar-refractivity contribution in [2.75, 3.05) is 13.7 Å². The second kappa shape index (κ2) is 6.97. The Morgan fingerprint density at radius 3 is 2.48 bits per heavy atom. The summed E-state index contributed by atoms with van der Waals surface area (Å²) >= 11 is 6.03. The molecule has 0 radical (unpaired) electrons. The van der Waals surface area contributed by atoms with Gasteiger partial charge in [-0.05, 0) is 56.6 Å². The molecule has 0 aliphatic heterocycles. The van der Waals surface area contributed by atoms with Gasteiger partial charge < -0.3 is 10.1 Å². The lowest BCUT2D eigenvalue weighted by molar-refractivity contribution is 0.271. The molecule has 3 heteroatoms. The van der Waals surface area contributed by atoms with Crippen LogP contribution in [0, 0.1) is 20.8 Å². The van der Waals surface area contributed by atoms with Crippen molar-refractivity contribution in [2.24, 2.45) is 0 Å². The fraction of sp³-hybridized carbons (Fsp3) is 0.333. The number of hydrogen-bond donors (Lipinski definition) is 1. The zero-order valence-corrected chi connectivity index (χ0v) is 13.8. The Labute approximate surface area is 132 Å². The Morgan fingerprint density at radius 2 is 1.81 bits per heavy atom. The van der Waals surface area contributed by atoms with Crippen molar-refractivity contribution in [2.45, 2.75) is 26.8 Å². The van der Waals surface area contributed by atoms with E-state index in [2.05, 4.69) is 37.4 Å². The minimum Gasteiger partial charge on any atom is -0.491 e. The summed E-state index contributed by atoms with van der Waals surface area (Å²) in [6.07, 6.45) is 0. The molecule has 0 spiro atoms. The van der Waals surface area contributed by atoms with E-state index in [1.807, 2.05) is 32.2 Å². The van der Waals surface area contributed by atoms with E-state index in [0.717, 1.165) is 11.3 Å². The molecule has 2 aromatic rings. The highest BCUT2D eigenvalue weighted by atomic mass is 35.5. The second-order valence-corrected chi connectivity index (χ2v) is 5.86. The average Bonchev–Trinajstić information content (AvgIpc) is 2.44. The number of nitrogens with one attached hydrogen (secondary N) is 1. The molecule has 0 heterocycles. The summed E-state index contributed by atoms with van der Waals surface area (Å²) in [6.45, 7) is 6.84. The van der Waals surface area contributed by atoms with E-state index in [9.17, 15) is 0 Å². The van der Waals surface area contributed by atoms with E-state index >= 15 is 0 Å². The molecule has 2 aromatic carbocycles. The average molecular weight is 304 g/mol. The van der Waals surface area contributed by atoms with E-state index in [4.69, 9.17) is 16.3 Å². The molecule has 1 unspecified atom stereocenters. The molecule has 0 amide bonds. The molecule has 2 rings (SSSR count). The minimum atomic E-state index is 0.156. The van der Waals surface area contributed by atoms with Gasteiger partial charge in [0.1, 0.15) is 12.4 Å². The number of halogens is 1. The van der Waals surface area contributed by atoms with Crippen LogP contribution in [0.3, 0.4) is 0 Å². The highest BCUT2D eigenvalue weighted by Crippen LogP contribution is 2.25. The van der Waals surface area contributed by atoms with Crippen LogP contribution < -0.4 is 10.1 Å². The lowest BCUT2D eigenvalue weighted by Crippen LogP contribution is -2.24. The lowest BCUT2D eigenvalue weighted by Gasteiger charge is -2.20. The van der Waals surface area contributed by atoms with E-state index < -0.39 is 0 Å². The monoisotopic (exact) mass is 303 g/mol. The van der Waals surface area contributed by atoms with Crippen LogP contribution in [0.15, 0.2) is 36.4 Å². The highest BCUT2D eigenvalue weighted by Gasteiger charge is 2.13. The zero-order valence-electron chi connectivity index (χ0n) is 13.0. The number of likely N-dealkylation sites (N-methyl/N-ethyl adjacent to an activating group) is 1. The zero-order chi connectivity index (χ0) is 15.4. The molecular weight excluding hydrogens is 282 g/mol. The van der Waals surface area contributed by atoms with Crippen LogP contribution >= 0.6 is 11.6 Å². The Morgan fingerprint density at radius 1 is 1.05 bits per heavy atom. The van der Waals surface area contributed by atoms with Gasteiger partial charge in [0, 0.05) is 5.02 Å². The number of benzene rings is 2. The minimum absolute atomic E-state index is 0.156. The molecule has 112 valence electrons. The summed E-state index contributed by atoms with van der Waals surface area (Å²) in [7, 11) is 1.96. The molecule has 21 heavy (non-hydrogen) atoms. The predicted molar refractivity (Wildman–Crippen MR) is 89.4 cm³/mol. The Kier molecular flexibility index (Phi) is 5.27. The first-order valence-electron chi connectivity index (χ1n) is 7.14. The fourth-order valence-corrected chi connectivity index (χ4v) is 2.61. The molecule has 0 bridgehead atoms. The van der Waals surface area contributed by atoms with Gasteiger partial charge in [-0.25, -0.2) is 0 Å². The van der Waals surface area contributed by atoms with Crippen molar-refractivity contribution in [3.05, 3.63) is 63.7 Å². The number of rotatable bonds is 5. The Hall–Kier alpha value is -1.51. The molecule has 1 N–H and O–H groups in total. The van der Waals surface area contributed by atoms with Crippen LogP contribution in [0.1, 0.15) is 28.3 Å². The van der Waals surface area contributed by atoms with Crippen LogP contribution in [0.4, 0.5) is 0 Å². The summed E-state index contributed by atoms with van der Waals surface area (Å²) in [5.74, 6) is 0.840. The quantitative estimate of drug-likeness (QED) is 0.871. The summed E-state index contributed by atoms with van der Waals surface area (Å²) in [6, 6.07) is 12.4.